The van der Waals surface area contributed by atoms with Crippen molar-refractivity contribution < 1.29 is 0 Å². The highest BCUT2D eigenvalue weighted by molar-refractivity contribution is 5.54. The van der Waals surface area contributed by atoms with Crippen LogP contribution in [0.4, 0.5) is 5.69 Å². The Hall–Kier alpha value is -1.53. The van der Waals surface area contributed by atoms with E-state index in [1.165, 1.54) is 0 Å². The molecule has 0 aliphatic heterocycles. The Bertz CT molecular complexity index is 375. The largest absolute Gasteiger partial charge is 0.398 e. The van der Waals surface area contributed by atoms with E-state index in [9.17, 15) is 0 Å². The van der Waals surface area contributed by atoms with Crippen molar-refractivity contribution in [3.63, 3.8) is 0 Å². The number of hydrogen-bond donors (Lipinski definition) is 2. The van der Waals surface area contributed by atoms with Crippen molar-refractivity contribution in [2.75, 3.05) is 5.73 Å². The van der Waals surface area contributed by atoms with Gasteiger partial charge in [-0.25, -0.2) is 0 Å². The van der Waals surface area contributed by atoms with Crippen molar-refractivity contribution in [2.24, 2.45) is 5.73 Å². The van der Waals surface area contributed by atoms with Crippen LogP contribution in [-0.4, -0.2) is 0 Å². The first kappa shape index (κ1) is 10.6. The van der Waals surface area contributed by atoms with Crippen LogP contribution >= 0.6 is 0 Å². The van der Waals surface area contributed by atoms with Gasteiger partial charge < -0.3 is 11.5 Å². The van der Waals surface area contributed by atoms with Gasteiger partial charge in [0.2, 0.25) is 0 Å². The van der Waals surface area contributed by atoms with Crippen molar-refractivity contribution in [3.05, 3.63) is 29.3 Å². The van der Waals surface area contributed by atoms with Crippen LogP contribution < -0.4 is 11.5 Å². The van der Waals surface area contributed by atoms with Crippen LogP contribution in [0.3, 0.4) is 0 Å². The summed E-state index contributed by atoms with van der Waals surface area (Å²) in [5, 5.41) is 8.76. The first-order chi connectivity index (χ1) is 6.51. The molecule has 0 aromatic heterocycles. The van der Waals surface area contributed by atoms with Gasteiger partial charge in [0.1, 0.15) is 0 Å². The summed E-state index contributed by atoms with van der Waals surface area (Å²) in [6.45, 7) is 3.92. The fraction of sp³-hybridized carbons (Fsp3) is 0.364. The lowest BCUT2D eigenvalue weighted by Crippen LogP contribution is -2.32. The molecule has 1 aromatic rings. The lowest BCUT2D eigenvalue weighted by Gasteiger charge is -2.25. The minimum Gasteiger partial charge on any atom is -0.398 e. The quantitative estimate of drug-likeness (QED) is 0.695. The number of anilines is 1. The van der Waals surface area contributed by atoms with Gasteiger partial charge in [-0.2, -0.15) is 5.26 Å². The van der Waals surface area contributed by atoms with Gasteiger partial charge in [0.05, 0.1) is 11.6 Å². The second-order valence-corrected chi connectivity index (χ2v) is 3.68. The zero-order chi connectivity index (χ0) is 10.8. The molecule has 0 saturated heterocycles. The number of nitriles is 1. The van der Waals surface area contributed by atoms with E-state index in [1.54, 1.807) is 18.2 Å². The molecule has 0 heterocycles. The van der Waals surface area contributed by atoms with E-state index in [4.69, 9.17) is 16.7 Å². The molecule has 3 nitrogen and oxygen atoms in total. The summed E-state index contributed by atoms with van der Waals surface area (Å²) in [4.78, 5) is 0. The predicted molar refractivity (Wildman–Crippen MR) is 57.4 cm³/mol. The summed E-state index contributed by atoms with van der Waals surface area (Å²) >= 11 is 0. The summed E-state index contributed by atoms with van der Waals surface area (Å²) in [6.07, 6.45) is 0.784. The van der Waals surface area contributed by atoms with Crippen LogP contribution in [0.1, 0.15) is 31.4 Å². The number of nitrogens with two attached hydrogens (primary N) is 2. The molecule has 1 aromatic carbocycles. The maximum Gasteiger partial charge on any atom is 0.0991 e. The molecule has 0 bridgehead atoms. The number of rotatable bonds is 2. The lowest BCUT2D eigenvalue weighted by molar-refractivity contribution is 0.478. The normalized spacial score (nSPS) is 14.4. The molecule has 0 radical (unpaired) electrons. The van der Waals surface area contributed by atoms with Gasteiger partial charge >= 0.3 is 0 Å². The molecule has 0 spiro atoms. The summed E-state index contributed by atoms with van der Waals surface area (Å²) in [7, 11) is 0. The first-order valence-corrected chi connectivity index (χ1v) is 4.60. The highest BCUT2D eigenvalue weighted by atomic mass is 14.7. The van der Waals surface area contributed by atoms with Crippen molar-refractivity contribution >= 4 is 5.69 Å². The monoisotopic (exact) mass is 189 g/mol. The van der Waals surface area contributed by atoms with Crippen LogP contribution in [0.5, 0.6) is 0 Å². The maximum atomic E-state index is 8.76. The first-order valence-electron chi connectivity index (χ1n) is 4.60. The summed E-state index contributed by atoms with van der Waals surface area (Å²) < 4.78 is 0. The Balaban J connectivity index is 3.27. The molecule has 0 amide bonds. The Morgan fingerprint density at radius 2 is 2.14 bits per heavy atom. The third-order valence-corrected chi connectivity index (χ3v) is 2.53. The molecule has 3 heteroatoms. The minimum absolute atomic E-state index is 0.461. The topological polar surface area (TPSA) is 75.8 Å². The van der Waals surface area contributed by atoms with Crippen LogP contribution in [0.25, 0.3) is 0 Å². The van der Waals surface area contributed by atoms with Gasteiger partial charge in [-0.3, -0.25) is 0 Å². The van der Waals surface area contributed by atoms with Gasteiger partial charge in [0.15, 0.2) is 0 Å². The number of nitrogen functional groups attached to an aromatic ring is 1. The van der Waals surface area contributed by atoms with E-state index in [0.717, 1.165) is 12.0 Å². The molecule has 14 heavy (non-hydrogen) atoms. The van der Waals surface area contributed by atoms with Crippen LogP contribution in [-0.2, 0) is 5.54 Å². The molecule has 1 rings (SSSR count). The molecule has 0 aliphatic carbocycles. The zero-order valence-corrected chi connectivity index (χ0v) is 8.54. The number of nitrogens with zero attached hydrogens (tertiary/aromatic N) is 1. The SMILES string of the molecule is CCC(C)(N)c1cc(C#N)ccc1N. The van der Waals surface area contributed by atoms with E-state index in [-0.39, 0.29) is 0 Å². The molecule has 1 unspecified atom stereocenters. The van der Waals surface area contributed by atoms with E-state index < -0.39 is 5.54 Å². The third kappa shape index (κ3) is 1.86. The molecular weight excluding hydrogens is 174 g/mol. The van der Waals surface area contributed by atoms with Gasteiger partial charge in [0.25, 0.3) is 0 Å². The second kappa shape index (κ2) is 3.69. The fourth-order valence-electron chi connectivity index (χ4n) is 1.31. The third-order valence-electron chi connectivity index (χ3n) is 2.53. The van der Waals surface area contributed by atoms with E-state index in [1.807, 2.05) is 13.8 Å². The molecule has 0 saturated carbocycles. The van der Waals surface area contributed by atoms with Gasteiger partial charge in [-0.15, -0.1) is 0 Å². The molecule has 0 aliphatic rings. The van der Waals surface area contributed by atoms with Crippen molar-refractivity contribution in [1.82, 2.24) is 0 Å². The second-order valence-electron chi connectivity index (χ2n) is 3.68. The smallest absolute Gasteiger partial charge is 0.0991 e. The summed E-state index contributed by atoms with van der Waals surface area (Å²) in [6, 6.07) is 7.27. The molecular formula is C11H15N3. The fourth-order valence-corrected chi connectivity index (χ4v) is 1.31. The Morgan fingerprint density at radius 3 is 2.64 bits per heavy atom. The van der Waals surface area contributed by atoms with Gasteiger partial charge in [-0.1, -0.05) is 6.92 Å². The number of hydrogen-bond acceptors (Lipinski definition) is 3. The van der Waals surface area contributed by atoms with Crippen LogP contribution in [0.15, 0.2) is 18.2 Å². The number of benzene rings is 1. The molecule has 74 valence electrons. The van der Waals surface area contributed by atoms with Gasteiger partial charge in [0, 0.05) is 11.2 Å². The van der Waals surface area contributed by atoms with E-state index in [2.05, 4.69) is 6.07 Å². The van der Waals surface area contributed by atoms with Gasteiger partial charge in [-0.05, 0) is 37.1 Å². The molecule has 4 N–H and O–H groups in total. The highest BCUT2D eigenvalue weighted by Crippen LogP contribution is 2.27. The van der Waals surface area contributed by atoms with Crippen molar-refractivity contribution in [2.45, 2.75) is 25.8 Å². The maximum absolute atomic E-state index is 8.76. The summed E-state index contributed by atoms with van der Waals surface area (Å²) in [5.41, 5.74) is 13.5. The Labute approximate surface area is 84.3 Å². The predicted octanol–water partition coefficient (Wildman–Crippen LogP) is 1.72. The lowest BCUT2D eigenvalue weighted by atomic mass is 9.88. The average molecular weight is 189 g/mol. The summed E-state index contributed by atoms with van der Waals surface area (Å²) in [5.74, 6) is 0. The van der Waals surface area contributed by atoms with Crippen molar-refractivity contribution in [3.8, 4) is 6.07 Å². The highest BCUT2D eigenvalue weighted by Gasteiger charge is 2.21. The Morgan fingerprint density at radius 1 is 1.50 bits per heavy atom. The Kier molecular flexibility index (Phi) is 2.78. The standard InChI is InChI=1S/C11H15N3/c1-3-11(2,14)9-6-8(7-12)4-5-10(9)13/h4-6H,3,13-14H2,1-2H3. The van der Waals surface area contributed by atoms with E-state index >= 15 is 0 Å². The van der Waals surface area contributed by atoms with Crippen LogP contribution in [0, 0.1) is 11.3 Å². The molecule has 0 fully saturated rings. The minimum atomic E-state index is -0.461. The van der Waals surface area contributed by atoms with Crippen molar-refractivity contribution in [1.29, 1.82) is 5.26 Å². The molecule has 1 atom stereocenters. The van der Waals surface area contributed by atoms with E-state index in [0.29, 0.717) is 11.3 Å². The van der Waals surface area contributed by atoms with Crippen LogP contribution in [0.2, 0.25) is 0 Å². The zero-order valence-electron chi connectivity index (χ0n) is 8.54. The average Bonchev–Trinajstić information content (AvgIpc) is 2.18.